The molecule has 2 aromatic carbocycles. The summed E-state index contributed by atoms with van der Waals surface area (Å²) in [5, 5.41) is 6.56. The molecule has 0 aromatic heterocycles. The van der Waals surface area contributed by atoms with Crippen LogP contribution in [0.4, 0.5) is 0 Å². The third-order valence-electron chi connectivity index (χ3n) is 4.07. The van der Waals surface area contributed by atoms with Gasteiger partial charge in [-0.15, -0.1) is 35.7 Å². The molecule has 0 aliphatic heterocycles. The fraction of sp³-hybridized carbons (Fsp3) is 0.316. The summed E-state index contributed by atoms with van der Waals surface area (Å²) < 4.78 is 25.8. The number of guanidine groups is 1. The van der Waals surface area contributed by atoms with Crippen molar-refractivity contribution in [1.82, 2.24) is 15.4 Å². The molecule has 0 amide bonds. The highest BCUT2D eigenvalue weighted by atomic mass is 127. The first-order valence-corrected chi connectivity index (χ1v) is 11.2. The number of rotatable bonds is 7. The summed E-state index contributed by atoms with van der Waals surface area (Å²) in [4.78, 5) is 5.74. The Labute approximate surface area is 189 Å². The second kappa shape index (κ2) is 11.6. The van der Waals surface area contributed by atoms with Crippen LogP contribution in [0.15, 0.2) is 57.2 Å². The van der Waals surface area contributed by atoms with E-state index in [0.717, 1.165) is 5.56 Å². The first-order valence-electron chi connectivity index (χ1n) is 8.50. The summed E-state index contributed by atoms with van der Waals surface area (Å²) in [7, 11) is -0.284. The van der Waals surface area contributed by atoms with Crippen LogP contribution in [-0.2, 0) is 23.1 Å². The number of hydrogen-bond acceptors (Lipinski definition) is 4. The monoisotopic (exact) mass is 534 g/mol. The quantitative estimate of drug-likeness (QED) is 0.220. The van der Waals surface area contributed by atoms with Gasteiger partial charge in [0.2, 0.25) is 10.0 Å². The van der Waals surface area contributed by atoms with Crippen molar-refractivity contribution in [2.75, 3.05) is 20.4 Å². The number of sulfonamides is 1. The van der Waals surface area contributed by atoms with E-state index in [1.807, 2.05) is 0 Å². The van der Waals surface area contributed by atoms with Gasteiger partial charge in [-0.2, -0.15) is 0 Å². The van der Waals surface area contributed by atoms with Gasteiger partial charge in [0.25, 0.3) is 0 Å². The van der Waals surface area contributed by atoms with E-state index < -0.39 is 10.0 Å². The molecule has 0 saturated carbocycles. The van der Waals surface area contributed by atoms with Crippen LogP contribution in [0, 0.1) is 6.92 Å². The fourth-order valence-electron chi connectivity index (χ4n) is 2.49. The van der Waals surface area contributed by atoms with Crippen molar-refractivity contribution < 1.29 is 8.42 Å². The molecule has 2 aromatic rings. The van der Waals surface area contributed by atoms with Gasteiger partial charge in [-0.25, -0.2) is 13.1 Å². The number of hydrogen-bond donors (Lipinski definition) is 3. The standard InChI is InChI=1S/C19H26N4O2S2.HI/c1-14-5-8-16(18(11-14)26-4)13-23-19(20-2)22-12-15-6-9-17(10-7-15)27(24,25)21-3;/h5-11,21H,12-13H2,1-4H3,(H2,20,22,23);1H. The van der Waals surface area contributed by atoms with Crippen molar-refractivity contribution in [3.05, 3.63) is 59.2 Å². The first-order chi connectivity index (χ1) is 12.9. The van der Waals surface area contributed by atoms with Crippen molar-refractivity contribution in [2.45, 2.75) is 29.8 Å². The topological polar surface area (TPSA) is 82.6 Å². The summed E-state index contributed by atoms with van der Waals surface area (Å²) in [6.45, 7) is 3.31. The Morgan fingerprint density at radius 1 is 1.07 bits per heavy atom. The van der Waals surface area contributed by atoms with E-state index in [4.69, 9.17) is 0 Å². The predicted octanol–water partition coefficient (Wildman–Crippen LogP) is 3.11. The van der Waals surface area contributed by atoms with Crippen molar-refractivity contribution in [2.24, 2.45) is 4.99 Å². The molecule has 0 aliphatic carbocycles. The molecule has 2 rings (SSSR count). The Kier molecular flexibility index (Phi) is 10.3. The van der Waals surface area contributed by atoms with Gasteiger partial charge in [-0.05, 0) is 55.1 Å². The third kappa shape index (κ3) is 6.94. The van der Waals surface area contributed by atoms with E-state index in [0.29, 0.717) is 19.0 Å². The van der Waals surface area contributed by atoms with E-state index in [2.05, 4.69) is 51.7 Å². The van der Waals surface area contributed by atoms with Crippen molar-refractivity contribution in [3.63, 3.8) is 0 Å². The van der Waals surface area contributed by atoms with Gasteiger partial charge in [-0.3, -0.25) is 4.99 Å². The highest BCUT2D eigenvalue weighted by molar-refractivity contribution is 14.0. The van der Waals surface area contributed by atoms with Gasteiger partial charge in [-0.1, -0.05) is 24.3 Å². The minimum atomic E-state index is -3.41. The van der Waals surface area contributed by atoms with Gasteiger partial charge in [0, 0.05) is 25.0 Å². The Morgan fingerprint density at radius 2 is 1.71 bits per heavy atom. The van der Waals surface area contributed by atoms with Gasteiger partial charge in [0.15, 0.2) is 5.96 Å². The molecule has 0 spiro atoms. The SMILES string of the molecule is CN=C(NCc1ccc(S(=O)(=O)NC)cc1)NCc1ccc(C)cc1SC.I. The molecule has 28 heavy (non-hydrogen) atoms. The van der Waals surface area contributed by atoms with Crippen LogP contribution in [-0.4, -0.2) is 34.7 Å². The van der Waals surface area contributed by atoms with Gasteiger partial charge in [0.1, 0.15) is 0 Å². The molecule has 0 bridgehead atoms. The normalized spacial score (nSPS) is 11.6. The van der Waals surface area contributed by atoms with Crippen LogP contribution in [0.25, 0.3) is 0 Å². The highest BCUT2D eigenvalue weighted by Crippen LogP contribution is 2.21. The maximum Gasteiger partial charge on any atom is 0.240 e. The Balaban J connectivity index is 0.00000392. The minimum absolute atomic E-state index is 0. The molecule has 3 N–H and O–H groups in total. The lowest BCUT2D eigenvalue weighted by Gasteiger charge is -2.14. The number of benzene rings is 2. The Hall–Kier alpha value is -1.30. The molecule has 0 fully saturated rings. The highest BCUT2D eigenvalue weighted by Gasteiger charge is 2.10. The summed E-state index contributed by atoms with van der Waals surface area (Å²) in [5.74, 6) is 0.689. The van der Waals surface area contributed by atoms with Gasteiger partial charge >= 0.3 is 0 Å². The lowest BCUT2D eigenvalue weighted by Crippen LogP contribution is -2.36. The second-order valence-corrected chi connectivity index (χ2v) is 8.68. The summed E-state index contributed by atoms with van der Waals surface area (Å²) in [5.41, 5.74) is 3.43. The molecule has 0 atom stereocenters. The first kappa shape index (κ1) is 24.7. The molecule has 9 heteroatoms. The molecular weight excluding hydrogens is 507 g/mol. The molecule has 0 unspecified atom stereocenters. The van der Waals surface area contributed by atoms with Crippen molar-refractivity contribution >= 4 is 51.7 Å². The summed E-state index contributed by atoms with van der Waals surface area (Å²) in [6.07, 6.45) is 2.07. The van der Waals surface area contributed by atoms with Crippen LogP contribution in [0.2, 0.25) is 0 Å². The van der Waals surface area contributed by atoms with E-state index >= 15 is 0 Å². The average molecular weight is 534 g/mol. The number of aliphatic imine (C=N–C) groups is 1. The van der Waals surface area contributed by atoms with E-state index in [-0.39, 0.29) is 28.9 Å². The fourth-order valence-corrected chi connectivity index (χ4v) is 3.92. The van der Waals surface area contributed by atoms with Crippen molar-refractivity contribution in [3.8, 4) is 0 Å². The third-order valence-corrected chi connectivity index (χ3v) is 6.32. The number of nitrogens with one attached hydrogen (secondary N) is 3. The number of thioether (sulfide) groups is 1. The molecule has 0 heterocycles. The average Bonchev–Trinajstić information content (AvgIpc) is 2.69. The van der Waals surface area contributed by atoms with Crippen LogP contribution in [0.3, 0.4) is 0 Å². The van der Waals surface area contributed by atoms with Crippen LogP contribution >= 0.6 is 35.7 Å². The lowest BCUT2D eigenvalue weighted by molar-refractivity contribution is 0.588. The Morgan fingerprint density at radius 3 is 2.29 bits per heavy atom. The summed E-state index contributed by atoms with van der Waals surface area (Å²) in [6, 6.07) is 13.2. The van der Waals surface area contributed by atoms with Crippen LogP contribution < -0.4 is 15.4 Å². The largest absolute Gasteiger partial charge is 0.352 e. The number of nitrogens with zero attached hydrogens (tertiary/aromatic N) is 1. The zero-order valence-corrected chi connectivity index (χ0v) is 20.4. The second-order valence-electron chi connectivity index (χ2n) is 5.95. The zero-order valence-electron chi connectivity index (χ0n) is 16.4. The Bertz CT molecular complexity index is 901. The molecule has 0 radical (unpaired) electrons. The van der Waals surface area contributed by atoms with E-state index in [9.17, 15) is 8.42 Å². The summed E-state index contributed by atoms with van der Waals surface area (Å²) >= 11 is 1.73. The molecule has 154 valence electrons. The van der Waals surface area contributed by atoms with Crippen LogP contribution in [0.5, 0.6) is 0 Å². The van der Waals surface area contributed by atoms with E-state index in [1.165, 1.54) is 23.1 Å². The molecular formula is C19H27IN4O2S2. The minimum Gasteiger partial charge on any atom is -0.352 e. The maximum absolute atomic E-state index is 11.8. The smallest absolute Gasteiger partial charge is 0.240 e. The van der Waals surface area contributed by atoms with Crippen molar-refractivity contribution in [1.29, 1.82) is 0 Å². The number of halogens is 1. The molecule has 0 aliphatic rings. The number of aryl methyl sites for hydroxylation is 1. The van der Waals surface area contributed by atoms with Crippen LogP contribution in [0.1, 0.15) is 16.7 Å². The lowest BCUT2D eigenvalue weighted by atomic mass is 10.1. The van der Waals surface area contributed by atoms with Gasteiger partial charge in [0.05, 0.1) is 4.90 Å². The molecule has 0 saturated heterocycles. The predicted molar refractivity (Wildman–Crippen MR) is 128 cm³/mol. The van der Waals surface area contributed by atoms with Gasteiger partial charge < -0.3 is 10.6 Å². The molecule has 6 nitrogen and oxygen atoms in total. The van der Waals surface area contributed by atoms with E-state index in [1.54, 1.807) is 43.1 Å². The zero-order chi connectivity index (χ0) is 19.9. The maximum atomic E-state index is 11.8.